The Labute approximate surface area is 161 Å². The molecule has 0 amide bonds. The van der Waals surface area contributed by atoms with E-state index in [2.05, 4.69) is 20.6 Å². The zero-order valence-electron chi connectivity index (χ0n) is 14.2. The average molecular weight is 387 g/mol. The van der Waals surface area contributed by atoms with Gasteiger partial charge in [-0.25, -0.2) is 4.98 Å². The summed E-state index contributed by atoms with van der Waals surface area (Å²) in [6.45, 7) is 3.40. The first kappa shape index (κ1) is 18.2. The van der Waals surface area contributed by atoms with Gasteiger partial charge in [-0.1, -0.05) is 29.3 Å². The van der Waals surface area contributed by atoms with Gasteiger partial charge in [0.25, 0.3) is 0 Å². The van der Waals surface area contributed by atoms with E-state index in [1.807, 2.05) is 6.92 Å². The van der Waals surface area contributed by atoms with Gasteiger partial charge in [0.05, 0.1) is 15.7 Å². The molecule has 3 aromatic rings. The molecule has 0 bridgehead atoms. The number of nitrogens with one attached hydrogen (secondary N) is 2. The Morgan fingerprint density at radius 3 is 2.23 bits per heavy atom. The number of rotatable bonds is 5. The standard InChI is InChI=1S/C19H16Cl2N4O/c1-11-10-17(24-18-15(20)4-3-5-16(18)21)25-19(22-11)23-14-8-6-13(7-9-14)12(2)26/h3-10H,1-2H3,(H2,22,23,24,25). The highest BCUT2D eigenvalue weighted by molar-refractivity contribution is 6.39. The molecule has 132 valence electrons. The summed E-state index contributed by atoms with van der Waals surface area (Å²) < 4.78 is 0. The van der Waals surface area contributed by atoms with Gasteiger partial charge in [0.15, 0.2) is 5.78 Å². The molecule has 0 atom stereocenters. The summed E-state index contributed by atoms with van der Waals surface area (Å²) in [7, 11) is 0. The minimum Gasteiger partial charge on any atom is -0.338 e. The van der Waals surface area contributed by atoms with Crippen molar-refractivity contribution in [3.8, 4) is 0 Å². The quantitative estimate of drug-likeness (QED) is 0.543. The van der Waals surface area contributed by atoms with Crippen LogP contribution < -0.4 is 10.6 Å². The Morgan fingerprint density at radius 2 is 1.62 bits per heavy atom. The number of hydrogen-bond donors (Lipinski definition) is 2. The van der Waals surface area contributed by atoms with Gasteiger partial charge >= 0.3 is 0 Å². The van der Waals surface area contributed by atoms with Crippen molar-refractivity contribution < 1.29 is 4.79 Å². The first-order valence-corrected chi connectivity index (χ1v) is 8.63. The number of carbonyl (C=O) groups is 1. The lowest BCUT2D eigenvalue weighted by atomic mass is 10.1. The lowest BCUT2D eigenvalue weighted by molar-refractivity contribution is 0.101. The van der Waals surface area contributed by atoms with Gasteiger partial charge in [0.2, 0.25) is 5.95 Å². The molecule has 0 radical (unpaired) electrons. The first-order valence-electron chi connectivity index (χ1n) is 7.87. The van der Waals surface area contributed by atoms with E-state index in [1.165, 1.54) is 6.92 Å². The number of Topliss-reactive ketones (excluding diaryl/α,β-unsaturated/α-hetero) is 1. The molecule has 0 aliphatic heterocycles. The zero-order valence-corrected chi connectivity index (χ0v) is 15.7. The van der Waals surface area contributed by atoms with Crippen LogP contribution in [0.4, 0.5) is 23.1 Å². The fourth-order valence-corrected chi connectivity index (χ4v) is 2.84. The smallest absolute Gasteiger partial charge is 0.229 e. The molecule has 5 nitrogen and oxygen atoms in total. The number of anilines is 4. The highest BCUT2D eigenvalue weighted by atomic mass is 35.5. The molecule has 0 fully saturated rings. The summed E-state index contributed by atoms with van der Waals surface area (Å²) >= 11 is 12.4. The summed E-state index contributed by atoms with van der Waals surface area (Å²) in [5.41, 5.74) is 2.79. The van der Waals surface area contributed by atoms with E-state index in [9.17, 15) is 4.79 Å². The number of para-hydroxylation sites is 1. The van der Waals surface area contributed by atoms with Gasteiger partial charge in [-0.3, -0.25) is 4.79 Å². The predicted molar refractivity (Wildman–Crippen MR) is 106 cm³/mol. The van der Waals surface area contributed by atoms with Gasteiger partial charge in [0.1, 0.15) is 5.82 Å². The third kappa shape index (κ3) is 4.31. The molecule has 0 saturated carbocycles. The van der Waals surface area contributed by atoms with Crippen molar-refractivity contribution >= 4 is 52.1 Å². The van der Waals surface area contributed by atoms with Gasteiger partial charge in [-0.15, -0.1) is 0 Å². The number of benzene rings is 2. The van der Waals surface area contributed by atoms with Crippen LogP contribution in [0.1, 0.15) is 23.0 Å². The highest BCUT2D eigenvalue weighted by Gasteiger charge is 2.09. The second-order valence-corrected chi connectivity index (χ2v) is 6.51. The van der Waals surface area contributed by atoms with Crippen molar-refractivity contribution in [2.75, 3.05) is 10.6 Å². The summed E-state index contributed by atoms with van der Waals surface area (Å²) in [4.78, 5) is 20.2. The van der Waals surface area contributed by atoms with Crippen LogP contribution in [0.5, 0.6) is 0 Å². The Morgan fingerprint density at radius 1 is 0.962 bits per heavy atom. The van der Waals surface area contributed by atoms with Gasteiger partial charge < -0.3 is 10.6 Å². The Balaban J connectivity index is 1.84. The molecule has 2 N–H and O–H groups in total. The maximum Gasteiger partial charge on any atom is 0.229 e. The molecule has 1 aromatic heterocycles. The number of hydrogen-bond acceptors (Lipinski definition) is 5. The van der Waals surface area contributed by atoms with E-state index < -0.39 is 0 Å². The molecular formula is C19H16Cl2N4O. The normalized spacial score (nSPS) is 10.5. The second kappa shape index (κ2) is 7.72. The molecule has 0 saturated heterocycles. The maximum atomic E-state index is 11.4. The van der Waals surface area contributed by atoms with Crippen LogP contribution >= 0.6 is 23.2 Å². The van der Waals surface area contributed by atoms with Gasteiger partial charge in [-0.05, 0) is 50.2 Å². The average Bonchev–Trinajstić information content (AvgIpc) is 2.58. The largest absolute Gasteiger partial charge is 0.338 e. The van der Waals surface area contributed by atoms with E-state index in [0.29, 0.717) is 33.1 Å². The van der Waals surface area contributed by atoms with E-state index in [4.69, 9.17) is 23.2 Å². The fourth-order valence-electron chi connectivity index (χ4n) is 2.35. The van der Waals surface area contributed by atoms with E-state index in [-0.39, 0.29) is 5.78 Å². The van der Waals surface area contributed by atoms with Crippen molar-refractivity contribution in [3.05, 3.63) is 69.8 Å². The Bertz CT molecular complexity index is 938. The summed E-state index contributed by atoms with van der Waals surface area (Å²) in [6.07, 6.45) is 0. The third-order valence-corrected chi connectivity index (χ3v) is 4.25. The molecular weight excluding hydrogens is 371 g/mol. The second-order valence-electron chi connectivity index (χ2n) is 5.70. The number of nitrogens with zero attached hydrogens (tertiary/aromatic N) is 2. The van der Waals surface area contributed by atoms with Crippen LogP contribution in [-0.4, -0.2) is 15.8 Å². The predicted octanol–water partition coefficient (Wildman–Crippen LogP) is 5.78. The fraction of sp³-hybridized carbons (Fsp3) is 0.105. The SMILES string of the molecule is CC(=O)c1ccc(Nc2nc(C)cc(Nc3c(Cl)cccc3Cl)n2)cc1. The van der Waals surface area contributed by atoms with Crippen molar-refractivity contribution in [1.29, 1.82) is 0 Å². The third-order valence-electron chi connectivity index (χ3n) is 3.62. The number of aromatic nitrogens is 2. The highest BCUT2D eigenvalue weighted by Crippen LogP contribution is 2.32. The van der Waals surface area contributed by atoms with E-state index in [1.54, 1.807) is 48.5 Å². The lowest BCUT2D eigenvalue weighted by Gasteiger charge is -2.12. The van der Waals surface area contributed by atoms with Crippen molar-refractivity contribution in [3.63, 3.8) is 0 Å². The van der Waals surface area contributed by atoms with Crippen LogP contribution in [0.2, 0.25) is 10.0 Å². The van der Waals surface area contributed by atoms with Crippen LogP contribution in [0.3, 0.4) is 0 Å². The molecule has 2 aromatic carbocycles. The Kier molecular flexibility index (Phi) is 5.40. The minimum absolute atomic E-state index is 0.0199. The van der Waals surface area contributed by atoms with Crippen LogP contribution in [0, 0.1) is 6.92 Å². The summed E-state index contributed by atoms with van der Waals surface area (Å²) in [5, 5.41) is 7.26. The molecule has 0 aliphatic rings. The molecule has 0 spiro atoms. The van der Waals surface area contributed by atoms with Gasteiger partial charge in [-0.2, -0.15) is 4.98 Å². The number of ketones is 1. The molecule has 0 aliphatic carbocycles. The monoisotopic (exact) mass is 386 g/mol. The summed E-state index contributed by atoms with van der Waals surface area (Å²) in [5.74, 6) is 1.01. The van der Waals surface area contributed by atoms with Crippen LogP contribution in [-0.2, 0) is 0 Å². The van der Waals surface area contributed by atoms with E-state index >= 15 is 0 Å². The van der Waals surface area contributed by atoms with Crippen molar-refractivity contribution in [1.82, 2.24) is 9.97 Å². The van der Waals surface area contributed by atoms with Crippen LogP contribution in [0.25, 0.3) is 0 Å². The minimum atomic E-state index is 0.0199. The molecule has 0 unspecified atom stereocenters. The maximum absolute atomic E-state index is 11.4. The molecule has 1 heterocycles. The molecule has 3 rings (SSSR count). The van der Waals surface area contributed by atoms with Gasteiger partial charge in [0, 0.05) is 23.0 Å². The number of carbonyl (C=O) groups excluding carboxylic acids is 1. The lowest BCUT2D eigenvalue weighted by Crippen LogP contribution is -2.03. The summed E-state index contributed by atoms with van der Waals surface area (Å²) in [6, 6.07) is 14.2. The number of aryl methyl sites for hydroxylation is 1. The molecule has 7 heteroatoms. The topological polar surface area (TPSA) is 66.9 Å². The Hall–Kier alpha value is -2.63. The molecule has 26 heavy (non-hydrogen) atoms. The van der Waals surface area contributed by atoms with Crippen LogP contribution in [0.15, 0.2) is 48.5 Å². The van der Waals surface area contributed by atoms with Crippen molar-refractivity contribution in [2.45, 2.75) is 13.8 Å². The van der Waals surface area contributed by atoms with E-state index in [0.717, 1.165) is 11.4 Å². The zero-order chi connectivity index (χ0) is 18.7. The van der Waals surface area contributed by atoms with Crippen molar-refractivity contribution in [2.24, 2.45) is 0 Å². The number of halogens is 2. The first-order chi connectivity index (χ1) is 12.4.